The summed E-state index contributed by atoms with van der Waals surface area (Å²) in [4.78, 5) is 3.81. The highest BCUT2D eigenvalue weighted by atomic mass is 19.3. The average Bonchev–Trinajstić information content (AvgIpc) is 2.15. The van der Waals surface area contributed by atoms with Gasteiger partial charge in [0.25, 0.3) is 6.43 Å². The number of hydrogen-bond acceptors (Lipinski definition) is 3. The van der Waals surface area contributed by atoms with E-state index in [-0.39, 0.29) is 17.0 Å². The molecule has 78 valence electrons. The predicted octanol–water partition coefficient (Wildman–Crippen LogP) is 1.83. The fraction of sp³-hybridized carbons (Fsp3) is 0.444. The van der Waals surface area contributed by atoms with Gasteiger partial charge in [0.05, 0.1) is 19.3 Å². The molecule has 0 saturated heterocycles. The Labute approximate surface area is 80.3 Å². The predicted molar refractivity (Wildman–Crippen MR) is 46.4 cm³/mol. The third-order valence-corrected chi connectivity index (χ3v) is 1.82. The van der Waals surface area contributed by atoms with Crippen LogP contribution in [0.5, 0.6) is 5.88 Å². The molecule has 1 aromatic heterocycles. The lowest BCUT2D eigenvalue weighted by atomic mass is 10.1. The molecule has 0 bridgehead atoms. The maximum absolute atomic E-state index is 12.6. The van der Waals surface area contributed by atoms with Crippen LogP contribution in [0.25, 0.3) is 0 Å². The van der Waals surface area contributed by atoms with Crippen LogP contribution in [0.4, 0.5) is 8.78 Å². The molecule has 14 heavy (non-hydrogen) atoms. The second-order valence-corrected chi connectivity index (χ2v) is 2.80. The molecule has 0 aliphatic rings. The SMILES string of the molecule is COc1nc(C)cc(CO)c1C(F)F. The highest BCUT2D eigenvalue weighted by molar-refractivity contribution is 5.37. The van der Waals surface area contributed by atoms with E-state index in [1.807, 2.05) is 0 Å². The first kappa shape index (κ1) is 10.8. The van der Waals surface area contributed by atoms with E-state index in [9.17, 15) is 8.78 Å². The maximum atomic E-state index is 12.6. The quantitative estimate of drug-likeness (QED) is 0.814. The summed E-state index contributed by atoms with van der Waals surface area (Å²) in [7, 11) is 1.27. The summed E-state index contributed by atoms with van der Waals surface area (Å²) in [5, 5.41) is 8.90. The molecule has 1 rings (SSSR count). The van der Waals surface area contributed by atoms with Gasteiger partial charge >= 0.3 is 0 Å². The molecule has 1 N–H and O–H groups in total. The molecule has 0 radical (unpaired) electrons. The van der Waals surface area contributed by atoms with Crippen molar-refractivity contribution in [3.05, 3.63) is 22.9 Å². The standard InChI is InChI=1S/C9H11F2NO2/c1-5-3-6(4-13)7(8(10)11)9(12-5)14-2/h3,8,13H,4H2,1-2H3. The van der Waals surface area contributed by atoms with Crippen molar-refractivity contribution >= 4 is 0 Å². The first-order valence-corrected chi connectivity index (χ1v) is 4.03. The Kier molecular flexibility index (Phi) is 3.35. The highest BCUT2D eigenvalue weighted by Gasteiger charge is 2.20. The van der Waals surface area contributed by atoms with Crippen LogP contribution in [0, 0.1) is 6.92 Å². The van der Waals surface area contributed by atoms with Crippen molar-refractivity contribution in [3.8, 4) is 5.88 Å². The van der Waals surface area contributed by atoms with Crippen molar-refractivity contribution in [2.24, 2.45) is 0 Å². The molecule has 0 aliphatic carbocycles. The minimum absolute atomic E-state index is 0.121. The van der Waals surface area contributed by atoms with E-state index in [0.717, 1.165) is 0 Å². The smallest absolute Gasteiger partial charge is 0.269 e. The molecule has 1 aromatic rings. The van der Waals surface area contributed by atoms with Crippen LogP contribution in [0.15, 0.2) is 6.07 Å². The molecule has 0 fully saturated rings. The minimum atomic E-state index is -2.69. The fourth-order valence-electron chi connectivity index (χ4n) is 1.24. The zero-order valence-electron chi connectivity index (χ0n) is 7.92. The Bertz CT molecular complexity index is 304. The van der Waals surface area contributed by atoms with Gasteiger partial charge in [0.2, 0.25) is 5.88 Å². The lowest BCUT2D eigenvalue weighted by Crippen LogP contribution is -2.03. The molecule has 5 heteroatoms. The van der Waals surface area contributed by atoms with Gasteiger partial charge in [-0.15, -0.1) is 0 Å². The Balaban J connectivity index is 3.33. The molecular weight excluding hydrogens is 192 g/mol. The third-order valence-electron chi connectivity index (χ3n) is 1.82. The number of halogens is 2. The number of ether oxygens (including phenoxy) is 1. The summed E-state index contributed by atoms with van der Waals surface area (Å²) in [6.07, 6.45) is -2.69. The van der Waals surface area contributed by atoms with Gasteiger partial charge in [0.15, 0.2) is 0 Å². The molecule has 0 atom stereocenters. The summed E-state index contributed by atoms with van der Waals surface area (Å²) < 4.78 is 29.9. The van der Waals surface area contributed by atoms with Crippen molar-refractivity contribution in [1.82, 2.24) is 4.98 Å². The number of pyridine rings is 1. The van der Waals surface area contributed by atoms with E-state index in [4.69, 9.17) is 9.84 Å². The minimum Gasteiger partial charge on any atom is -0.481 e. The van der Waals surface area contributed by atoms with Crippen LogP contribution < -0.4 is 4.74 Å². The second-order valence-electron chi connectivity index (χ2n) is 2.80. The zero-order valence-corrected chi connectivity index (χ0v) is 7.92. The number of aliphatic hydroxyl groups excluding tert-OH is 1. The van der Waals surface area contributed by atoms with Crippen molar-refractivity contribution in [2.45, 2.75) is 20.0 Å². The number of aryl methyl sites for hydroxylation is 1. The van der Waals surface area contributed by atoms with Gasteiger partial charge in [-0.2, -0.15) is 0 Å². The largest absolute Gasteiger partial charge is 0.481 e. The molecule has 1 heterocycles. The monoisotopic (exact) mass is 203 g/mol. The molecule has 0 unspecified atom stereocenters. The van der Waals surface area contributed by atoms with Gasteiger partial charge in [-0.1, -0.05) is 0 Å². The van der Waals surface area contributed by atoms with Crippen LogP contribution in [-0.4, -0.2) is 17.2 Å². The van der Waals surface area contributed by atoms with Crippen LogP contribution in [0.1, 0.15) is 23.2 Å². The van der Waals surface area contributed by atoms with E-state index >= 15 is 0 Å². The van der Waals surface area contributed by atoms with Gasteiger partial charge in [0, 0.05) is 5.69 Å². The van der Waals surface area contributed by atoms with Crippen molar-refractivity contribution < 1.29 is 18.6 Å². The molecule has 0 aliphatic heterocycles. The molecule has 0 spiro atoms. The van der Waals surface area contributed by atoms with Crippen molar-refractivity contribution in [3.63, 3.8) is 0 Å². The normalized spacial score (nSPS) is 10.7. The van der Waals surface area contributed by atoms with Crippen molar-refractivity contribution in [2.75, 3.05) is 7.11 Å². The summed E-state index contributed by atoms with van der Waals surface area (Å²) >= 11 is 0. The number of alkyl halides is 2. The number of hydrogen-bond donors (Lipinski definition) is 1. The van der Waals surface area contributed by atoms with Gasteiger partial charge in [0.1, 0.15) is 0 Å². The van der Waals surface area contributed by atoms with Gasteiger partial charge in [-0.05, 0) is 18.6 Å². The second kappa shape index (κ2) is 4.32. The van der Waals surface area contributed by atoms with Gasteiger partial charge in [-0.25, -0.2) is 13.8 Å². The zero-order chi connectivity index (χ0) is 10.7. The number of methoxy groups -OCH3 is 1. The summed E-state index contributed by atoms with van der Waals surface area (Å²) in [5.41, 5.74) is 0.361. The Morgan fingerprint density at radius 2 is 2.21 bits per heavy atom. The first-order valence-electron chi connectivity index (χ1n) is 4.03. The van der Waals surface area contributed by atoms with Crippen LogP contribution in [-0.2, 0) is 6.61 Å². The lowest BCUT2D eigenvalue weighted by Gasteiger charge is -2.11. The van der Waals surface area contributed by atoms with Gasteiger partial charge in [-0.3, -0.25) is 0 Å². The lowest BCUT2D eigenvalue weighted by molar-refractivity contribution is 0.141. The van der Waals surface area contributed by atoms with E-state index < -0.39 is 13.0 Å². The number of nitrogens with zero attached hydrogens (tertiary/aromatic N) is 1. The topological polar surface area (TPSA) is 42.4 Å². The highest BCUT2D eigenvalue weighted by Crippen LogP contribution is 2.31. The molecule has 0 aromatic carbocycles. The van der Waals surface area contributed by atoms with Crippen LogP contribution in [0.3, 0.4) is 0 Å². The molecule has 0 amide bonds. The van der Waals surface area contributed by atoms with E-state index in [1.165, 1.54) is 13.2 Å². The van der Waals surface area contributed by atoms with Gasteiger partial charge < -0.3 is 9.84 Å². The average molecular weight is 203 g/mol. The summed E-state index contributed by atoms with van der Waals surface area (Å²) in [6.45, 7) is 1.20. The Morgan fingerprint density at radius 3 is 2.64 bits per heavy atom. The molecular formula is C9H11F2NO2. The van der Waals surface area contributed by atoms with E-state index in [2.05, 4.69) is 4.98 Å². The van der Waals surface area contributed by atoms with Crippen LogP contribution >= 0.6 is 0 Å². The Hall–Kier alpha value is -1.23. The van der Waals surface area contributed by atoms with E-state index in [1.54, 1.807) is 6.92 Å². The summed E-state index contributed by atoms with van der Waals surface area (Å²) in [5.74, 6) is -0.121. The fourth-order valence-corrected chi connectivity index (χ4v) is 1.24. The third kappa shape index (κ3) is 1.98. The number of aliphatic hydroxyl groups is 1. The molecule has 3 nitrogen and oxygen atoms in total. The molecule has 0 saturated carbocycles. The Morgan fingerprint density at radius 1 is 1.57 bits per heavy atom. The summed E-state index contributed by atoms with van der Waals surface area (Å²) in [6, 6.07) is 1.42. The number of rotatable bonds is 3. The number of aromatic nitrogens is 1. The maximum Gasteiger partial charge on any atom is 0.269 e. The van der Waals surface area contributed by atoms with E-state index in [0.29, 0.717) is 5.69 Å². The first-order chi connectivity index (χ1) is 6.60. The van der Waals surface area contributed by atoms with Crippen molar-refractivity contribution in [1.29, 1.82) is 0 Å². The van der Waals surface area contributed by atoms with Crippen LogP contribution in [0.2, 0.25) is 0 Å².